The first-order valence-electron chi connectivity index (χ1n) is 8.81. The number of para-hydroxylation sites is 1. The lowest BCUT2D eigenvalue weighted by Crippen LogP contribution is -2.33. The highest BCUT2D eigenvalue weighted by Gasteiger charge is 2.22. The van der Waals surface area contributed by atoms with Crippen LogP contribution >= 0.6 is 11.6 Å². The quantitative estimate of drug-likeness (QED) is 0.732. The third kappa shape index (κ3) is 4.74. The zero-order chi connectivity index (χ0) is 19.2. The molecule has 2 aromatic carbocycles. The van der Waals surface area contributed by atoms with Crippen molar-refractivity contribution in [3.05, 3.63) is 58.6 Å². The van der Waals surface area contributed by atoms with Crippen molar-refractivity contribution in [2.24, 2.45) is 0 Å². The number of nitrogens with one attached hydrogen (secondary N) is 1. The fraction of sp³-hybridized carbons (Fsp3) is 0.286. The molecule has 1 N–H and O–H groups in total. The minimum atomic E-state index is -0.195. The Labute approximate surface area is 163 Å². The number of carbonyl (C=O) groups excluding carboxylic acids is 1. The van der Waals surface area contributed by atoms with Gasteiger partial charge in [-0.25, -0.2) is 0 Å². The number of fused-ring (bicyclic) bond motifs is 1. The summed E-state index contributed by atoms with van der Waals surface area (Å²) in [5.41, 5.74) is 1.92. The fourth-order valence-corrected chi connectivity index (χ4v) is 3.25. The Bertz CT molecular complexity index is 825. The van der Waals surface area contributed by atoms with Crippen LogP contribution in [0.5, 0.6) is 17.2 Å². The number of hydrogen-bond acceptors (Lipinski definition) is 4. The predicted molar refractivity (Wildman–Crippen MR) is 106 cm³/mol. The normalized spacial score (nSPS) is 15.3. The molecule has 3 rings (SSSR count). The minimum Gasteiger partial charge on any atom is -0.491 e. The van der Waals surface area contributed by atoms with Crippen molar-refractivity contribution < 1.29 is 19.0 Å². The molecule has 1 aliphatic heterocycles. The van der Waals surface area contributed by atoms with E-state index >= 15 is 0 Å². The van der Waals surface area contributed by atoms with Crippen molar-refractivity contribution in [3.8, 4) is 17.2 Å². The lowest BCUT2D eigenvalue weighted by Gasteiger charge is -2.12. The number of methoxy groups -OCH3 is 1. The van der Waals surface area contributed by atoms with Crippen LogP contribution in [0, 0.1) is 0 Å². The summed E-state index contributed by atoms with van der Waals surface area (Å²) in [5.74, 6) is 1.73. The molecular formula is C21H22ClNO4. The Hall–Kier alpha value is -2.66. The minimum absolute atomic E-state index is 0.0419. The Morgan fingerprint density at radius 3 is 2.93 bits per heavy atom. The van der Waals surface area contributed by atoms with Crippen LogP contribution in [0.15, 0.2) is 42.5 Å². The summed E-state index contributed by atoms with van der Waals surface area (Å²) in [6.45, 7) is 2.82. The molecule has 5 nitrogen and oxygen atoms in total. The van der Waals surface area contributed by atoms with Crippen LogP contribution in [0.2, 0.25) is 5.02 Å². The molecule has 0 aromatic heterocycles. The predicted octanol–water partition coefficient (Wildman–Crippen LogP) is 3.88. The summed E-state index contributed by atoms with van der Waals surface area (Å²) in [5, 5.41) is 3.30. The molecule has 1 heterocycles. The van der Waals surface area contributed by atoms with Gasteiger partial charge in [0.15, 0.2) is 11.5 Å². The van der Waals surface area contributed by atoms with Gasteiger partial charge in [-0.15, -0.1) is 0 Å². The lowest BCUT2D eigenvalue weighted by molar-refractivity contribution is -0.116. The molecular weight excluding hydrogens is 366 g/mol. The van der Waals surface area contributed by atoms with Gasteiger partial charge in [-0.2, -0.15) is 0 Å². The van der Waals surface area contributed by atoms with Gasteiger partial charge in [0.2, 0.25) is 5.91 Å². The molecule has 142 valence electrons. The summed E-state index contributed by atoms with van der Waals surface area (Å²) in [6, 6.07) is 11.4. The van der Waals surface area contributed by atoms with Crippen molar-refractivity contribution >= 4 is 23.6 Å². The standard InChI is InChI=1S/C21H22ClNO4/c1-3-26-19-11-14(10-17(22)21(19)25-2)8-9-20(24)23-13-16-12-15-6-4-5-7-18(15)27-16/h4-11,16H,3,12-13H2,1-2H3,(H,23,24)/b9-8+. The number of amides is 1. The molecule has 0 bridgehead atoms. The number of benzene rings is 2. The zero-order valence-corrected chi connectivity index (χ0v) is 16.1. The van der Waals surface area contributed by atoms with Gasteiger partial charge in [0.05, 0.1) is 25.3 Å². The van der Waals surface area contributed by atoms with Crippen LogP contribution in [0.25, 0.3) is 6.08 Å². The van der Waals surface area contributed by atoms with Gasteiger partial charge in [0.1, 0.15) is 11.9 Å². The molecule has 0 saturated heterocycles. The van der Waals surface area contributed by atoms with Crippen molar-refractivity contribution in [3.63, 3.8) is 0 Å². The van der Waals surface area contributed by atoms with Gasteiger partial charge >= 0.3 is 0 Å². The van der Waals surface area contributed by atoms with Gasteiger partial charge in [-0.1, -0.05) is 29.8 Å². The molecule has 1 atom stereocenters. The van der Waals surface area contributed by atoms with Crippen molar-refractivity contribution in [1.29, 1.82) is 0 Å². The SMILES string of the molecule is CCOc1cc(/C=C/C(=O)NCC2Cc3ccccc3O2)cc(Cl)c1OC. The number of carbonyl (C=O) groups is 1. The molecule has 0 saturated carbocycles. The van der Waals surface area contributed by atoms with E-state index < -0.39 is 0 Å². The molecule has 0 radical (unpaired) electrons. The Balaban J connectivity index is 1.57. The summed E-state index contributed by atoms with van der Waals surface area (Å²) in [6.07, 6.45) is 3.91. The van der Waals surface area contributed by atoms with E-state index in [0.29, 0.717) is 29.7 Å². The highest BCUT2D eigenvalue weighted by molar-refractivity contribution is 6.32. The highest BCUT2D eigenvalue weighted by atomic mass is 35.5. The van der Waals surface area contributed by atoms with Crippen molar-refractivity contribution in [2.45, 2.75) is 19.4 Å². The Morgan fingerprint density at radius 2 is 2.19 bits per heavy atom. The van der Waals surface area contributed by atoms with Crippen molar-refractivity contribution in [1.82, 2.24) is 5.32 Å². The Morgan fingerprint density at radius 1 is 1.37 bits per heavy atom. The molecule has 1 amide bonds. The van der Waals surface area contributed by atoms with Crippen molar-refractivity contribution in [2.75, 3.05) is 20.3 Å². The first-order chi connectivity index (χ1) is 13.1. The third-order valence-electron chi connectivity index (χ3n) is 4.18. The monoisotopic (exact) mass is 387 g/mol. The van der Waals surface area contributed by atoms with E-state index in [1.54, 1.807) is 18.2 Å². The van der Waals surface area contributed by atoms with E-state index in [4.69, 9.17) is 25.8 Å². The number of rotatable bonds is 7. The summed E-state index contributed by atoms with van der Waals surface area (Å²) >= 11 is 6.22. The van der Waals surface area contributed by atoms with Crippen LogP contribution in [0.3, 0.4) is 0 Å². The zero-order valence-electron chi connectivity index (χ0n) is 15.3. The number of hydrogen-bond donors (Lipinski definition) is 1. The van der Waals surface area contributed by atoms with Gasteiger partial charge in [-0.3, -0.25) is 4.79 Å². The van der Waals surface area contributed by atoms with Crippen LogP contribution < -0.4 is 19.5 Å². The smallest absolute Gasteiger partial charge is 0.244 e. The first-order valence-corrected chi connectivity index (χ1v) is 9.19. The second-order valence-corrected chi connectivity index (χ2v) is 6.50. The Kier molecular flexibility index (Phi) is 6.24. The molecule has 0 spiro atoms. The van der Waals surface area contributed by atoms with E-state index in [9.17, 15) is 4.79 Å². The maximum Gasteiger partial charge on any atom is 0.244 e. The molecule has 1 aliphatic rings. The van der Waals surface area contributed by atoms with Gasteiger partial charge < -0.3 is 19.5 Å². The van der Waals surface area contributed by atoms with Gasteiger partial charge in [0, 0.05) is 12.5 Å². The van der Waals surface area contributed by atoms with E-state index in [0.717, 1.165) is 17.7 Å². The van der Waals surface area contributed by atoms with Gasteiger partial charge in [-0.05, 0) is 42.3 Å². The van der Waals surface area contributed by atoms with Gasteiger partial charge in [0.25, 0.3) is 0 Å². The molecule has 2 aromatic rings. The van der Waals surface area contributed by atoms with Crippen LogP contribution in [-0.2, 0) is 11.2 Å². The van der Waals surface area contributed by atoms with E-state index in [1.165, 1.54) is 18.7 Å². The molecule has 27 heavy (non-hydrogen) atoms. The fourth-order valence-electron chi connectivity index (χ4n) is 2.96. The summed E-state index contributed by atoms with van der Waals surface area (Å²) in [7, 11) is 1.54. The van der Waals surface area contributed by atoms with E-state index in [1.807, 2.05) is 31.2 Å². The topological polar surface area (TPSA) is 56.8 Å². The molecule has 1 unspecified atom stereocenters. The first kappa shape index (κ1) is 19.1. The summed E-state index contributed by atoms with van der Waals surface area (Å²) < 4.78 is 16.6. The number of ether oxygens (including phenoxy) is 3. The van der Waals surface area contributed by atoms with Crippen LogP contribution in [0.4, 0.5) is 0 Å². The lowest BCUT2D eigenvalue weighted by atomic mass is 10.1. The third-order valence-corrected chi connectivity index (χ3v) is 4.46. The average molecular weight is 388 g/mol. The molecule has 0 aliphatic carbocycles. The average Bonchev–Trinajstić information content (AvgIpc) is 3.08. The maximum absolute atomic E-state index is 12.1. The molecule has 6 heteroatoms. The van der Waals surface area contributed by atoms with Crippen LogP contribution in [0.1, 0.15) is 18.1 Å². The second kappa shape index (κ2) is 8.82. The maximum atomic E-state index is 12.1. The van der Waals surface area contributed by atoms with Crippen LogP contribution in [-0.4, -0.2) is 32.3 Å². The van der Waals surface area contributed by atoms with E-state index in [2.05, 4.69) is 5.32 Å². The van der Waals surface area contributed by atoms with E-state index in [-0.39, 0.29) is 12.0 Å². The largest absolute Gasteiger partial charge is 0.491 e. The second-order valence-electron chi connectivity index (χ2n) is 6.10. The highest BCUT2D eigenvalue weighted by Crippen LogP contribution is 2.36. The number of halogens is 1. The molecule has 0 fully saturated rings. The summed E-state index contributed by atoms with van der Waals surface area (Å²) in [4.78, 5) is 12.1.